The first-order chi connectivity index (χ1) is 30.3. The Bertz CT molecular complexity index is 3080. The molecule has 2 amide bonds. The highest BCUT2D eigenvalue weighted by Gasteiger charge is 2.61. The van der Waals surface area contributed by atoms with Crippen molar-refractivity contribution in [2.45, 2.75) is 53.6 Å². The van der Waals surface area contributed by atoms with E-state index in [4.69, 9.17) is 38.8 Å². The van der Waals surface area contributed by atoms with Gasteiger partial charge in [-0.25, -0.2) is 30.0 Å². The van der Waals surface area contributed by atoms with E-state index in [0.717, 1.165) is 0 Å². The van der Waals surface area contributed by atoms with Gasteiger partial charge in [0.15, 0.2) is 23.3 Å². The third-order valence-electron chi connectivity index (χ3n) is 11.3. The van der Waals surface area contributed by atoms with Gasteiger partial charge < -0.3 is 19.5 Å². The molecule has 0 saturated heterocycles. The Morgan fingerprint density at radius 1 is 0.476 bits per heavy atom. The Morgan fingerprint density at radius 2 is 0.810 bits per heavy atom. The number of nitrogens with one attached hydrogen (secondary N) is 2. The van der Waals surface area contributed by atoms with E-state index in [1.165, 1.54) is 13.8 Å². The van der Waals surface area contributed by atoms with Crippen LogP contribution in [0.25, 0.3) is 21.5 Å². The second-order valence-corrected chi connectivity index (χ2v) is 18.7. The maximum atomic E-state index is 15.3. The molecule has 0 aliphatic carbocycles. The number of amidine groups is 4. The molecule has 0 radical (unpaired) electrons. The van der Waals surface area contributed by atoms with Gasteiger partial charge in [-0.15, -0.1) is 0 Å². The molecular weight excluding hydrogens is 817 g/mol. The lowest BCUT2D eigenvalue weighted by Crippen LogP contribution is -2.68. The van der Waals surface area contributed by atoms with Gasteiger partial charge in [-0.1, -0.05) is 125 Å². The predicted octanol–water partition coefficient (Wildman–Crippen LogP) is 4.78. The summed E-state index contributed by atoms with van der Waals surface area (Å²) in [6, 6.07) is 27.5. The third-order valence-corrected chi connectivity index (χ3v) is 14.3. The number of hydrogen-bond acceptors (Lipinski definition) is 12. The fourth-order valence-corrected chi connectivity index (χ4v) is 11.6. The number of aromatic nitrogens is 2. The van der Waals surface area contributed by atoms with Crippen LogP contribution < -0.4 is 21.6 Å². The number of rotatable bonds is 8. The average Bonchev–Trinajstić information content (AvgIpc) is 3.97. The van der Waals surface area contributed by atoms with E-state index >= 15 is 9.59 Å². The van der Waals surface area contributed by atoms with Crippen LogP contribution >= 0.6 is 0 Å². The molecule has 0 fully saturated rings. The third kappa shape index (κ3) is 6.25. The lowest BCUT2D eigenvalue weighted by molar-refractivity contribution is -0.148. The largest absolute Gasteiger partial charge is 0.742 e. The summed E-state index contributed by atoms with van der Waals surface area (Å²) in [5.41, 5.74) is 3.15. The van der Waals surface area contributed by atoms with Crippen LogP contribution in [0.4, 0.5) is 11.6 Å². The van der Waals surface area contributed by atoms with Gasteiger partial charge in [-0.2, -0.15) is 0 Å². The standard InChI is InChI=1S/C46H40N10O6Si/c1-23(2)35(47-25(5)57)45(59)61-63(62-46(60)36(24(3)4)48-26(6)58)55-41-31-19-11-12-20-32(31)43(55)53-39-29-17-9-10-18-30(29)40(50-39)54-44-34-22-14-13-21-33(34)42(56(44)63)52-38-28-16-8-7-15-27(28)37(49-38)51-41/h7-24,35-36H,1-6H3,(H,47,57)(H,48,58). The van der Waals surface area contributed by atoms with Crippen molar-refractivity contribution in [3.05, 3.63) is 130 Å². The number of fused-ring (bicyclic) bond motifs is 14. The average molecular weight is 857 g/mol. The quantitative estimate of drug-likeness (QED) is 0.207. The van der Waals surface area contributed by atoms with Crippen LogP contribution in [0.2, 0.25) is 0 Å². The summed E-state index contributed by atoms with van der Waals surface area (Å²) in [6.07, 6.45) is 0. The van der Waals surface area contributed by atoms with Crippen molar-refractivity contribution >= 4 is 89.2 Å². The topological polar surface area (TPSA) is 195 Å². The first-order valence-electron chi connectivity index (χ1n) is 20.6. The molecule has 6 bridgehead atoms. The number of benzene rings is 4. The van der Waals surface area contributed by atoms with Crippen molar-refractivity contribution in [1.82, 2.24) is 19.1 Å². The van der Waals surface area contributed by atoms with Gasteiger partial charge in [0.1, 0.15) is 34.7 Å². The van der Waals surface area contributed by atoms with Gasteiger partial charge in [0.05, 0.1) is 0 Å². The van der Waals surface area contributed by atoms with Crippen molar-refractivity contribution in [1.29, 1.82) is 0 Å². The lowest BCUT2D eigenvalue weighted by atomic mass is 10.1. The minimum Gasteiger partial charge on any atom is -0.451 e. The molecule has 2 atom stereocenters. The van der Waals surface area contributed by atoms with E-state index in [2.05, 4.69) is 10.6 Å². The van der Waals surface area contributed by atoms with Gasteiger partial charge in [0.25, 0.3) is 0 Å². The predicted molar refractivity (Wildman–Crippen MR) is 238 cm³/mol. The monoisotopic (exact) mass is 856 g/mol. The van der Waals surface area contributed by atoms with Gasteiger partial charge in [-0.05, 0) is 11.8 Å². The normalized spacial score (nSPS) is 17.5. The summed E-state index contributed by atoms with van der Waals surface area (Å²) < 4.78 is 17.3. The Hall–Kier alpha value is -7.66. The second kappa shape index (κ2) is 14.8. The maximum absolute atomic E-state index is 15.3. The fourth-order valence-electron chi connectivity index (χ4n) is 8.46. The number of hydrogen-bond donors (Lipinski definition) is 2. The molecule has 6 aromatic rings. The van der Waals surface area contributed by atoms with E-state index in [1.807, 2.05) is 97.1 Å². The zero-order chi connectivity index (χ0) is 43.9. The van der Waals surface area contributed by atoms with Crippen LogP contribution in [0.5, 0.6) is 0 Å². The zero-order valence-electron chi connectivity index (χ0n) is 35.1. The summed E-state index contributed by atoms with van der Waals surface area (Å²) in [5, 5.41) is 7.76. The first kappa shape index (κ1) is 39.5. The van der Waals surface area contributed by atoms with Crippen molar-refractivity contribution in [3.63, 3.8) is 0 Å². The minimum absolute atomic E-state index is 0.195. The van der Waals surface area contributed by atoms with E-state index in [0.29, 0.717) is 67.1 Å². The molecule has 0 spiro atoms. The summed E-state index contributed by atoms with van der Waals surface area (Å²) >= 11 is 0. The van der Waals surface area contributed by atoms with Crippen LogP contribution in [0, 0.1) is 11.8 Å². The SMILES string of the molecule is CC(=O)NC(C(=O)O[Si]1(OC(=O)C(NC(C)=O)C(C)C)n2c3c4ccccc4c2N=C2N=C(N=c4c5ccccc5c(n41)=NC1=NC(=N3)c3ccccc31)c1ccccc12)C(C)C. The molecule has 2 N–H and O–H groups in total. The summed E-state index contributed by atoms with van der Waals surface area (Å²) in [5.74, 6) is -2.17. The fraction of sp³-hybridized carbons (Fsp3) is 0.217. The number of aliphatic imine (C=N–C) groups is 4. The number of carbonyl (C=O) groups is 4. The lowest BCUT2D eigenvalue weighted by Gasteiger charge is -2.34. The van der Waals surface area contributed by atoms with Gasteiger partial charge >= 0.3 is 20.8 Å². The smallest absolute Gasteiger partial charge is 0.451 e. The van der Waals surface area contributed by atoms with Crippen molar-refractivity contribution in [3.8, 4) is 0 Å². The van der Waals surface area contributed by atoms with Crippen molar-refractivity contribution in [2.75, 3.05) is 0 Å². The minimum atomic E-state index is -5.34. The molecule has 2 aromatic heterocycles. The molecule has 17 heteroatoms. The number of carbonyl (C=O) groups excluding carboxylic acids is 4. The molecule has 10 rings (SSSR count). The first-order valence-corrected chi connectivity index (χ1v) is 22.3. The van der Waals surface area contributed by atoms with E-state index in [1.54, 1.807) is 36.2 Å². The van der Waals surface area contributed by atoms with Crippen LogP contribution in [-0.2, 0) is 28.0 Å². The summed E-state index contributed by atoms with van der Waals surface area (Å²) in [4.78, 5) is 87.5. The summed E-state index contributed by atoms with van der Waals surface area (Å²) in [6.45, 7) is 9.69. The molecule has 6 heterocycles. The molecule has 2 unspecified atom stereocenters. The molecule has 63 heavy (non-hydrogen) atoms. The van der Waals surface area contributed by atoms with E-state index in [9.17, 15) is 9.59 Å². The second-order valence-electron chi connectivity index (χ2n) is 16.3. The van der Waals surface area contributed by atoms with Crippen LogP contribution in [-0.4, -0.2) is 76.5 Å². The zero-order valence-corrected chi connectivity index (χ0v) is 36.1. The van der Waals surface area contributed by atoms with Crippen LogP contribution in [0.1, 0.15) is 63.8 Å². The highest BCUT2D eigenvalue weighted by atomic mass is 28.4. The van der Waals surface area contributed by atoms with Crippen LogP contribution in [0.3, 0.4) is 0 Å². The Kier molecular flexibility index (Phi) is 9.25. The molecular formula is C46H40N10O6Si. The molecule has 0 saturated carbocycles. The number of nitrogens with zero attached hydrogens (tertiary/aromatic N) is 8. The van der Waals surface area contributed by atoms with Crippen molar-refractivity contribution < 1.29 is 28.0 Å². The van der Waals surface area contributed by atoms with Gasteiger partial charge in [0.2, 0.25) is 11.8 Å². The Labute approximate surface area is 360 Å². The Morgan fingerprint density at radius 3 is 1.16 bits per heavy atom. The van der Waals surface area contributed by atoms with E-state index < -0.39 is 56.6 Å². The van der Waals surface area contributed by atoms with Gasteiger partial charge in [-0.3, -0.25) is 27.6 Å². The van der Waals surface area contributed by atoms with Crippen molar-refractivity contribution in [2.24, 2.45) is 41.8 Å². The van der Waals surface area contributed by atoms with Crippen LogP contribution in [0.15, 0.2) is 127 Å². The highest BCUT2D eigenvalue weighted by Crippen LogP contribution is 2.44. The molecule has 4 aromatic carbocycles. The number of amides is 2. The summed E-state index contributed by atoms with van der Waals surface area (Å²) in [7, 11) is -5.34. The van der Waals surface area contributed by atoms with E-state index in [-0.39, 0.29) is 22.6 Å². The molecule has 314 valence electrons. The molecule has 16 nitrogen and oxygen atoms in total. The van der Waals surface area contributed by atoms with Gasteiger partial charge in [0, 0.05) is 57.6 Å². The Balaban J connectivity index is 1.48. The maximum Gasteiger partial charge on any atom is 0.742 e. The molecule has 4 aliphatic rings. The highest BCUT2D eigenvalue weighted by molar-refractivity contribution is 6.69. The molecule has 4 aliphatic heterocycles.